The molecule has 0 aromatic rings. The second-order valence-corrected chi connectivity index (χ2v) is 7.94. The van der Waals surface area contributed by atoms with E-state index in [4.69, 9.17) is 12.2 Å². The number of aliphatic hydroxyl groups is 1. The van der Waals surface area contributed by atoms with Crippen LogP contribution in [0.4, 0.5) is 0 Å². The minimum atomic E-state index is -0.250. The summed E-state index contributed by atoms with van der Waals surface area (Å²) in [7, 11) is 0. The van der Waals surface area contributed by atoms with Crippen molar-refractivity contribution < 1.29 is 5.11 Å². The van der Waals surface area contributed by atoms with Crippen molar-refractivity contribution in [2.24, 2.45) is 35.5 Å². The zero-order valence-electron chi connectivity index (χ0n) is 11.1. The van der Waals surface area contributed by atoms with E-state index < -0.39 is 0 Å². The number of thiocarbonyl (C=S) groups is 1. The van der Waals surface area contributed by atoms with Crippen LogP contribution in [0.1, 0.15) is 51.4 Å². The van der Waals surface area contributed by atoms with Crippen LogP contribution >= 0.6 is 12.2 Å². The predicted octanol–water partition coefficient (Wildman–Crippen LogP) is 3.59. The molecule has 1 N–H and O–H groups in total. The second kappa shape index (κ2) is 4.28. The van der Waals surface area contributed by atoms with Crippen LogP contribution in [0.15, 0.2) is 0 Å². The van der Waals surface area contributed by atoms with E-state index >= 15 is 0 Å². The molecule has 0 heterocycles. The van der Waals surface area contributed by atoms with E-state index in [-0.39, 0.29) is 6.10 Å². The van der Waals surface area contributed by atoms with Crippen LogP contribution in [0.25, 0.3) is 0 Å². The summed E-state index contributed by atoms with van der Waals surface area (Å²) in [6.45, 7) is 0. The maximum atomic E-state index is 10.7. The molecular formula is C16H24OS. The highest BCUT2D eigenvalue weighted by atomic mass is 32.1. The van der Waals surface area contributed by atoms with Gasteiger partial charge in [-0.05, 0) is 74.0 Å². The summed E-state index contributed by atoms with van der Waals surface area (Å²) in [6.07, 6.45) is 10.6. The van der Waals surface area contributed by atoms with Gasteiger partial charge in [-0.3, -0.25) is 0 Å². The van der Waals surface area contributed by atoms with Crippen LogP contribution in [-0.2, 0) is 0 Å². The summed E-state index contributed by atoms with van der Waals surface area (Å²) in [5.41, 5.74) is 0. The van der Waals surface area contributed by atoms with Gasteiger partial charge in [0.25, 0.3) is 0 Å². The zero-order valence-corrected chi connectivity index (χ0v) is 11.9. The lowest BCUT2D eigenvalue weighted by molar-refractivity contribution is 0.125. The van der Waals surface area contributed by atoms with Gasteiger partial charge in [-0.25, -0.2) is 0 Å². The molecule has 0 spiro atoms. The van der Waals surface area contributed by atoms with E-state index in [2.05, 4.69) is 0 Å². The van der Waals surface area contributed by atoms with E-state index in [9.17, 15) is 5.11 Å². The fourth-order valence-corrected chi connectivity index (χ4v) is 6.17. The Labute approximate surface area is 115 Å². The molecule has 100 valence electrons. The van der Waals surface area contributed by atoms with Crippen LogP contribution < -0.4 is 0 Å². The maximum Gasteiger partial charge on any atom is 0.0885 e. The molecular weight excluding hydrogens is 240 g/mol. The summed E-state index contributed by atoms with van der Waals surface area (Å²) >= 11 is 5.70. The van der Waals surface area contributed by atoms with Gasteiger partial charge in [0.05, 0.1) is 6.10 Å². The van der Waals surface area contributed by atoms with Crippen LogP contribution in [0.2, 0.25) is 0 Å². The molecule has 0 aromatic carbocycles. The summed E-state index contributed by atoms with van der Waals surface area (Å²) in [5, 5.41) is 10.7. The predicted molar refractivity (Wildman–Crippen MR) is 76.5 cm³/mol. The Bertz CT molecular complexity index is 366. The summed E-state index contributed by atoms with van der Waals surface area (Å²) in [5.74, 6) is 4.59. The molecule has 0 aromatic heterocycles. The Hall–Kier alpha value is 0.0500. The van der Waals surface area contributed by atoms with Crippen molar-refractivity contribution in [3.05, 3.63) is 0 Å². The van der Waals surface area contributed by atoms with E-state index in [1.54, 1.807) is 0 Å². The molecule has 4 bridgehead atoms. The first-order valence-corrected chi connectivity index (χ1v) is 8.35. The van der Waals surface area contributed by atoms with Crippen molar-refractivity contribution in [1.82, 2.24) is 0 Å². The van der Waals surface area contributed by atoms with Crippen LogP contribution in [0.5, 0.6) is 0 Å². The lowest BCUT2D eigenvalue weighted by atomic mass is 9.77. The first-order valence-electron chi connectivity index (χ1n) is 7.94. The fourth-order valence-electron chi connectivity index (χ4n) is 5.70. The molecule has 2 heteroatoms. The van der Waals surface area contributed by atoms with Crippen molar-refractivity contribution in [2.75, 3.05) is 0 Å². The Balaban J connectivity index is 1.45. The molecule has 4 aliphatic carbocycles. The van der Waals surface area contributed by atoms with Gasteiger partial charge in [0.2, 0.25) is 0 Å². The van der Waals surface area contributed by atoms with Crippen LogP contribution in [0, 0.1) is 35.5 Å². The van der Waals surface area contributed by atoms with E-state index in [1.807, 2.05) is 0 Å². The quantitative estimate of drug-likeness (QED) is 0.786. The smallest absolute Gasteiger partial charge is 0.0885 e. The van der Waals surface area contributed by atoms with E-state index in [0.717, 1.165) is 28.5 Å². The first kappa shape index (κ1) is 11.8. The number of rotatable bonds is 3. The average Bonchev–Trinajstić information content (AvgIpc) is 3.14. The third-order valence-corrected chi connectivity index (χ3v) is 7.14. The van der Waals surface area contributed by atoms with Gasteiger partial charge in [-0.2, -0.15) is 0 Å². The topological polar surface area (TPSA) is 20.2 Å². The summed E-state index contributed by atoms with van der Waals surface area (Å²) < 4.78 is 0. The number of hydrogen-bond acceptors (Lipinski definition) is 2. The Morgan fingerprint density at radius 2 is 1.56 bits per heavy atom. The van der Waals surface area contributed by atoms with E-state index in [1.165, 1.54) is 51.4 Å². The van der Waals surface area contributed by atoms with Crippen molar-refractivity contribution in [3.8, 4) is 0 Å². The van der Waals surface area contributed by atoms with Crippen molar-refractivity contribution in [3.63, 3.8) is 0 Å². The molecule has 0 aliphatic heterocycles. The highest BCUT2D eigenvalue weighted by molar-refractivity contribution is 7.80. The van der Waals surface area contributed by atoms with Gasteiger partial charge in [0.15, 0.2) is 0 Å². The molecule has 0 radical (unpaired) electrons. The average molecular weight is 264 g/mol. The van der Waals surface area contributed by atoms with Gasteiger partial charge in [-0.15, -0.1) is 0 Å². The van der Waals surface area contributed by atoms with Gasteiger partial charge in [-0.1, -0.05) is 25.1 Å². The normalized spacial score (nSPS) is 50.9. The monoisotopic (exact) mass is 264 g/mol. The third-order valence-electron chi connectivity index (χ3n) is 6.59. The summed E-state index contributed by atoms with van der Waals surface area (Å²) in [6, 6.07) is 0. The van der Waals surface area contributed by atoms with Crippen LogP contribution in [0.3, 0.4) is 0 Å². The molecule has 1 nitrogen and oxygen atoms in total. The Morgan fingerprint density at radius 3 is 2.06 bits per heavy atom. The number of hydrogen-bond donors (Lipinski definition) is 1. The number of aliphatic hydroxyl groups excluding tert-OH is 1. The summed E-state index contributed by atoms with van der Waals surface area (Å²) in [4.78, 5) is 1.06. The van der Waals surface area contributed by atoms with Gasteiger partial charge in [0.1, 0.15) is 0 Å². The Kier molecular flexibility index (Phi) is 2.81. The third kappa shape index (κ3) is 1.71. The van der Waals surface area contributed by atoms with Gasteiger partial charge >= 0.3 is 0 Å². The highest BCUT2D eigenvalue weighted by Gasteiger charge is 2.48. The molecule has 4 aliphatic rings. The van der Waals surface area contributed by atoms with Crippen molar-refractivity contribution in [2.45, 2.75) is 57.5 Å². The van der Waals surface area contributed by atoms with Crippen molar-refractivity contribution >= 4 is 17.1 Å². The molecule has 7 unspecified atom stereocenters. The molecule has 18 heavy (non-hydrogen) atoms. The highest BCUT2D eigenvalue weighted by Crippen LogP contribution is 2.53. The van der Waals surface area contributed by atoms with Crippen LogP contribution in [-0.4, -0.2) is 16.1 Å². The van der Waals surface area contributed by atoms with Gasteiger partial charge < -0.3 is 5.11 Å². The minimum Gasteiger partial charge on any atom is -0.388 e. The fraction of sp³-hybridized carbons (Fsp3) is 0.938. The van der Waals surface area contributed by atoms with Crippen molar-refractivity contribution in [1.29, 1.82) is 0 Å². The van der Waals surface area contributed by atoms with E-state index in [0.29, 0.717) is 11.8 Å². The largest absolute Gasteiger partial charge is 0.388 e. The molecule has 4 saturated carbocycles. The first-order chi connectivity index (χ1) is 8.72. The van der Waals surface area contributed by atoms with Gasteiger partial charge in [0, 0.05) is 4.86 Å². The molecule has 7 atom stereocenters. The Morgan fingerprint density at radius 1 is 0.889 bits per heavy atom. The lowest BCUT2D eigenvalue weighted by Crippen LogP contribution is -2.37. The molecule has 0 amide bonds. The standard InChI is InChI=1S/C16H24OS/c17-15(13-7-9-1-3-11(13)5-9)16(18)14-8-10-2-4-12(14)6-10/h9-15,17H,1-8H2. The maximum absolute atomic E-state index is 10.7. The minimum absolute atomic E-state index is 0.250. The SMILES string of the molecule is OC(C(=S)C1CC2CCC1C2)C1CC2CCC1C2. The molecule has 4 fully saturated rings. The zero-order chi connectivity index (χ0) is 12.3. The molecule has 0 saturated heterocycles. The second-order valence-electron chi connectivity index (χ2n) is 7.47. The molecule has 4 rings (SSSR count). The lowest BCUT2D eigenvalue weighted by Gasteiger charge is -2.32. The number of fused-ring (bicyclic) bond motifs is 4.